The first-order chi connectivity index (χ1) is 9.22. The number of fused-ring (bicyclic) bond motifs is 1. The Hall–Kier alpha value is -2.20. The van der Waals surface area contributed by atoms with Gasteiger partial charge >= 0.3 is 0 Å². The van der Waals surface area contributed by atoms with Gasteiger partial charge in [-0.05, 0) is 23.8 Å². The predicted octanol–water partition coefficient (Wildman–Crippen LogP) is 3.80. The van der Waals surface area contributed by atoms with Crippen LogP contribution in [0, 0.1) is 0 Å². The lowest BCUT2D eigenvalue weighted by Crippen LogP contribution is -1.99. The van der Waals surface area contributed by atoms with Gasteiger partial charge in [-0.2, -0.15) is 4.98 Å². The number of aromatic hydroxyl groups is 1. The second-order valence-electron chi connectivity index (χ2n) is 4.12. The van der Waals surface area contributed by atoms with E-state index in [1.54, 1.807) is 12.1 Å². The number of halogens is 1. The molecule has 0 aliphatic heterocycles. The summed E-state index contributed by atoms with van der Waals surface area (Å²) in [5.74, 6) is 0.154. The van der Waals surface area contributed by atoms with Crippen LogP contribution >= 0.6 is 11.6 Å². The molecule has 96 valence electrons. The summed E-state index contributed by atoms with van der Waals surface area (Å²) in [6.45, 7) is 0.526. The van der Waals surface area contributed by atoms with E-state index in [0.717, 1.165) is 5.56 Å². The summed E-state index contributed by atoms with van der Waals surface area (Å²) in [4.78, 5) is 4.27. The molecular formula is C14H11ClN2O2. The molecule has 5 heteroatoms. The van der Waals surface area contributed by atoms with Crippen molar-refractivity contribution in [1.29, 1.82) is 0 Å². The predicted molar refractivity (Wildman–Crippen MR) is 74.5 cm³/mol. The van der Waals surface area contributed by atoms with Crippen molar-refractivity contribution in [3.8, 4) is 5.75 Å². The van der Waals surface area contributed by atoms with E-state index in [0.29, 0.717) is 28.7 Å². The SMILES string of the molecule is Oc1ccc2nc(NCc3ccccc3Cl)oc2c1. The first kappa shape index (κ1) is 11.9. The lowest BCUT2D eigenvalue weighted by molar-refractivity contribution is 0.474. The van der Waals surface area contributed by atoms with Gasteiger partial charge in [0.05, 0.1) is 0 Å². The standard InChI is InChI=1S/C14H11ClN2O2/c15-11-4-2-1-3-9(11)8-16-14-17-12-6-5-10(18)7-13(12)19-14/h1-7,18H,8H2,(H,16,17). The van der Waals surface area contributed by atoms with Gasteiger partial charge in [-0.25, -0.2) is 0 Å². The highest BCUT2D eigenvalue weighted by atomic mass is 35.5. The zero-order chi connectivity index (χ0) is 13.2. The van der Waals surface area contributed by atoms with Crippen LogP contribution in [0.2, 0.25) is 5.02 Å². The van der Waals surface area contributed by atoms with Crippen LogP contribution in [0.4, 0.5) is 6.01 Å². The quantitative estimate of drug-likeness (QED) is 0.763. The number of nitrogens with zero attached hydrogens (tertiary/aromatic N) is 1. The number of aromatic nitrogens is 1. The lowest BCUT2D eigenvalue weighted by atomic mass is 10.2. The molecule has 0 saturated heterocycles. The number of phenolic OH excluding ortho intramolecular Hbond substituents is 1. The van der Waals surface area contributed by atoms with E-state index < -0.39 is 0 Å². The highest BCUT2D eigenvalue weighted by Gasteiger charge is 2.06. The van der Waals surface area contributed by atoms with Crippen molar-refractivity contribution in [3.63, 3.8) is 0 Å². The van der Waals surface area contributed by atoms with Crippen LogP contribution in [0.25, 0.3) is 11.1 Å². The van der Waals surface area contributed by atoms with Gasteiger partial charge in [0, 0.05) is 17.6 Å². The van der Waals surface area contributed by atoms with Gasteiger partial charge in [-0.15, -0.1) is 0 Å². The van der Waals surface area contributed by atoms with E-state index in [4.69, 9.17) is 16.0 Å². The molecule has 2 aromatic carbocycles. The molecular weight excluding hydrogens is 264 g/mol. The van der Waals surface area contributed by atoms with Gasteiger partial charge in [0.2, 0.25) is 0 Å². The van der Waals surface area contributed by atoms with Crippen LogP contribution in [-0.4, -0.2) is 10.1 Å². The summed E-state index contributed by atoms with van der Waals surface area (Å²) >= 11 is 6.07. The topological polar surface area (TPSA) is 58.3 Å². The van der Waals surface area contributed by atoms with Crippen molar-refractivity contribution in [1.82, 2.24) is 4.98 Å². The third-order valence-corrected chi connectivity index (χ3v) is 3.13. The van der Waals surface area contributed by atoms with Crippen LogP contribution < -0.4 is 5.32 Å². The normalized spacial score (nSPS) is 10.8. The molecule has 0 aliphatic rings. The van der Waals surface area contributed by atoms with Crippen molar-refractivity contribution in [2.24, 2.45) is 0 Å². The monoisotopic (exact) mass is 274 g/mol. The number of phenols is 1. The fraction of sp³-hybridized carbons (Fsp3) is 0.0714. The first-order valence-corrected chi connectivity index (χ1v) is 6.17. The summed E-state index contributed by atoms with van der Waals surface area (Å²) in [5.41, 5.74) is 2.20. The molecule has 0 amide bonds. The summed E-state index contributed by atoms with van der Waals surface area (Å²) in [6, 6.07) is 12.8. The van der Waals surface area contributed by atoms with E-state index in [2.05, 4.69) is 10.3 Å². The Morgan fingerprint density at radius 1 is 1.21 bits per heavy atom. The second-order valence-corrected chi connectivity index (χ2v) is 4.52. The molecule has 19 heavy (non-hydrogen) atoms. The highest BCUT2D eigenvalue weighted by Crippen LogP contribution is 2.23. The third-order valence-electron chi connectivity index (χ3n) is 2.76. The van der Waals surface area contributed by atoms with E-state index in [1.165, 1.54) is 6.07 Å². The first-order valence-electron chi connectivity index (χ1n) is 5.79. The van der Waals surface area contributed by atoms with Gasteiger partial charge in [-0.3, -0.25) is 0 Å². The van der Waals surface area contributed by atoms with Gasteiger partial charge in [0.1, 0.15) is 11.3 Å². The summed E-state index contributed by atoms with van der Waals surface area (Å²) in [7, 11) is 0. The summed E-state index contributed by atoms with van der Waals surface area (Å²) < 4.78 is 5.49. The molecule has 3 rings (SSSR count). The third kappa shape index (κ3) is 2.48. The van der Waals surface area contributed by atoms with Gasteiger partial charge in [0.25, 0.3) is 6.01 Å². The number of hydrogen-bond donors (Lipinski definition) is 2. The fourth-order valence-corrected chi connectivity index (χ4v) is 2.00. The molecule has 0 saturated carbocycles. The van der Waals surface area contributed by atoms with Crippen molar-refractivity contribution >= 4 is 28.7 Å². The molecule has 3 aromatic rings. The fourth-order valence-electron chi connectivity index (χ4n) is 1.80. The summed E-state index contributed by atoms with van der Waals surface area (Å²) in [5, 5.41) is 13.1. The van der Waals surface area contributed by atoms with Crippen molar-refractivity contribution in [2.75, 3.05) is 5.32 Å². The van der Waals surface area contributed by atoms with Crippen molar-refractivity contribution < 1.29 is 9.52 Å². The smallest absolute Gasteiger partial charge is 0.295 e. The van der Waals surface area contributed by atoms with E-state index >= 15 is 0 Å². The van der Waals surface area contributed by atoms with Crippen LogP contribution in [0.5, 0.6) is 5.75 Å². The zero-order valence-electron chi connectivity index (χ0n) is 9.93. The van der Waals surface area contributed by atoms with Crippen LogP contribution in [0.3, 0.4) is 0 Å². The Kier molecular flexibility index (Phi) is 3.01. The molecule has 0 atom stereocenters. The Morgan fingerprint density at radius 2 is 2.05 bits per heavy atom. The Bertz CT molecular complexity index is 724. The van der Waals surface area contributed by atoms with Crippen molar-refractivity contribution in [3.05, 3.63) is 53.1 Å². The number of rotatable bonds is 3. The molecule has 1 aromatic heterocycles. The van der Waals surface area contributed by atoms with Crippen LogP contribution in [0.1, 0.15) is 5.56 Å². The molecule has 0 radical (unpaired) electrons. The zero-order valence-corrected chi connectivity index (χ0v) is 10.7. The highest BCUT2D eigenvalue weighted by molar-refractivity contribution is 6.31. The number of oxazole rings is 1. The summed E-state index contributed by atoms with van der Waals surface area (Å²) in [6.07, 6.45) is 0. The minimum atomic E-state index is 0.154. The minimum Gasteiger partial charge on any atom is -0.508 e. The average molecular weight is 275 g/mol. The largest absolute Gasteiger partial charge is 0.508 e. The maximum Gasteiger partial charge on any atom is 0.295 e. The van der Waals surface area contributed by atoms with Crippen LogP contribution in [-0.2, 0) is 6.54 Å². The molecule has 0 spiro atoms. The van der Waals surface area contributed by atoms with E-state index in [-0.39, 0.29) is 5.75 Å². The Balaban J connectivity index is 1.80. The number of benzene rings is 2. The number of anilines is 1. The van der Waals surface area contributed by atoms with Gasteiger partial charge < -0.3 is 14.8 Å². The van der Waals surface area contributed by atoms with E-state index in [9.17, 15) is 5.11 Å². The second kappa shape index (κ2) is 4.82. The van der Waals surface area contributed by atoms with Gasteiger partial charge in [-0.1, -0.05) is 29.8 Å². The average Bonchev–Trinajstić information content (AvgIpc) is 2.79. The van der Waals surface area contributed by atoms with Crippen molar-refractivity contribution in [2.45, 2.75) is 6.54 Å². The molecule has 0 bridgehead atoms. The van der Waals surface area contributed by atoms with E-state index in [1.807, 2.05) is 24.3 Å². The Morgan fingerprint density at radius 3 is 2.89 bits per heavy atom. The molecule has 1 heterocycles. The maximum atomic E-state index is 9.36. The molecule has 2 N–H and O–H groups in total. The van der Waals surface area contributed by atoms with Gasteiger partial charge in [0.15, 0.2) is 5.58 Å². The number of nitrogens with one attached hydrogen (secondary N) is 1. The minimum absolute atomic E-state index is 0.154. The molecule has 0 fully saturated rings. The number of hydrogen-bond acceptors (Lipinski definition) is 4. The molecule has 0 aliphatic carbocycles. The Labute approximate surface area is 114 Å². The van der Waals surface area contributed by atoms with Crippen LogP contribution in [0.15, 0.2) is 46.9 Å². The molecule has 4 nitrogen and oxygen atoms in total. The molecule has 0 unspecified atom stereocenters. The lowest BCUT2D eigenvalue weighted by Gasteiger charge is -2.03. The maximum absolute atomic E-state index is 9.36.